The minimum absolute atomic E-state index is 0.247. The molecule has 4 rings (SSSR count). The third-order valence-electron chi connectivity index (χ3n) is 4.36. The molecule has 1 fully saturated rings. The van der Waals surface area contributed by atoms with Crippen LogP contribution in [0.15, 0.2) is 16.8 Å². The minimum Gasteiger partial charge on any atom is -0.370 e. The van der Waals surface area contributed by atoms with Crippen LogP contribution in [0.2, 0.25) is 0 Å². The van der Waals surface area contributed by atoms with Gasteiger partial charge in [-0.1, -0.05) is 17.3 Å². The highest BCUT2D eigenvalue weighted by molar-refractivity contribution is 5.06. The Morgan fingerprint density at radius 3 is 3.24 bits per heavy atom. The summed E-state index contributed by atoms with van der Waals surface area (Å²) in [4.78, 5) is 2.38. The number of nitrogens with zero attached hydrogens (tertiary/aromatic N) is 5. The van der Waals surface area contributed by atoms with E-state index in [1.165, 1.54) is 0 Å². The first kappa shape index (κ1) is 13.0. The van der Waals surface area contributed by atoms with E-state index in [0.717, 1.165) is 49.6 Å². The Morgan fingerprint density at radius 2 is 2.38 bits per heavy atom. The molecule has 112 valence electrons. The van der Waals surface area contributed by atoms with Crippen molar-refractivity contribution in [1.29, 1.82) is 0 Å². The van der Waals surface area contributed by atoms with Crippen molar-refractivity contribution in [2.75, 3.05) is 13.1 Å². The number of rotatable bonds is 3. The van der Waals surface area contributed by atoms with Crippen LogP contribution in [0.5, 0.6) is 0 Å². The molecule has 0 N–H and O–H groups in total. The van der Waals surface area contributed by atoms with Crippen molar-refractivity contribution in [2.24, 2.45) is 0 Å². The summed E-state index contributed by atoms with van der Waals surface area (Å²) in [6, 6.07) is 2.29. The molecule has 0 bridgehead atoms. The molecule has 0 amide bonds. The van der Waals surface area contributed by atoms with Gasteiger partial charge in [0.25, 0.3) is 0 Å². The van der Waals surface area contributed by atoms with Gasteiger partial charge < -0.3 is 9.26 Å². The van der Waals surface area contributed by atoms with Crippen molar-refractivity contribution in [3.8, 4) is 0 Å². The van der Waals surface area contributed by atoms with Gasteiger partial charge in [-0.15, -0.1) is 5.10 Å². The Balaban J connectivity index is 1.48. The topological polar surface area (TPSA) is 69.2 Å². The number of piperidine rings is 1. The average molecular weight is 289 g/mol. The maximum Gasteiger partial charge on any atom is 0.150 e. The molecule has 0 saturated carbocycles. The first-order valence-electron chi connectivity index (χ1n) is 7.51. The van der Waals surface area contributed by atoms with Crippen molar-refractivity contribution < 1.29 is 9.26 Å². The van der Waals surface area contributed by atoms with Crippen molar-refractivity contribution in [3.05, 3.63) is 29.4 Å². The van der Waals surface area contributed by atoms with Crippen molar-refractivity contribution in [3.63, 3.8) is 0 Å². The molecule has 2 aliphatic rings. The second-order valence-corrected chi connectivity index (χ2v) is 5.75. The lowest BCUT2D eigenvalue weighted by Gasteiger charge is -2.40. The minimum atomic E-state index is 0.247. The predicted octanol–water partition coefficient (Wildman–Crippen LogP) is 1.17. The Bertz CT molecular complexity index is 622. The van der Waals surface area contributed by atoms with Crippen molar-refractivity contribution in [2.45, 2.75) is 45.1 Å². The number of fused-ring (bicyclic) bond motifs is 3. The molecule has 2 aromatic rings. The van der Waals surface area contributed by atoms with E-state index in [2.05, 4.69) is 27.3 Å². The summed E-state index contributed by atoms with van der Waals surface area (Å²) in [5.41, 5.74) is 2.07. The SMILES string of the molecule is CCc1cc(CN2CC[C@H]3OCc4cnnn4[C@@H]3C2)on1. The number of aromatic nitrogens is 4. The highest BCUT2D eigenvalue weighted by Crippen LogP contribution is 2.30. The van der Waals surface area contributed by atoms with Crippen LogP contribution in [0.3, 0.4) is 0 Å². The van der Waals surface area contributed by atoms with Gasteiger partial charge in [0.15, 0.2) is 5.76 Å². The van der Waals surface area contributed by atoms with Gasteiger partial charge in [0, 0.05) is 19.2 Å². The normalized spacial score (nSPS) is 25.6. The second-order valence-electron chi connectivity index (χ2n) is 5.75. The molecular weight excluding hydrogens is 270 g/mol. The molecule has 21 heavy (non-hydrogen) atoms. The molecule has 2 atom stereocenters. The number of aryl methyl sites for hydroxylation is 1. The Morgan fingerprint density at radius 1 is 1.43 bits per heavy atom. The van der Waals surface area contributed by atoms with Crippen LogP contribution in [-0.4, -0.2) is 44.2 Å². The third-order valence-corrected chi connectivity index (χ3v) is 4.36. The molecule has 0 aliphatic carbocycles. The van der Waals surface area contributed by atoms with Gasteiger partial charge in [-0.25, -0.2) is 4.68 Å². The molecule has 2 aliphatic heterocycles. The molecule has 2 aromatic heterocycles. The van der Waals surface area contributed by atoms with Crippen molar-refractivity contribution >= 4 is 0 Å². The van der Waals surface area contributed by atoms with E-state index in [4.69, 9.17) is 9.26 Å². The van der Waals surface area contributed by atoms with Gasteiger partial charge in [0.2, 0.25) is 0 Å². The zero-order valence-corrected chi connectivity index (χ0v) is 12.1. The molecule has 7 heteroatoms. The summed E-state index contributed by atoms with van der Waals surface area (Å²) in [5, 5.41) is 12.3. The van der Waals surface area contributed by atoms with Crippen molar-refractivity contribution in [1.82, 2.24) is 25.1 Å². The summed E-state index contributed by atoms with van der Waals surface area (Å²) >= 11 is 0. The van der Waals surface area contributed by atoms with E-state index in [-0.39, 0.29) is 12.1 Å². The first-order valence-corrected chi connectivity index (χ1v) is 7.51. The van der Waals surface area contributed by atoms with E-state index in [0.29, 0.717) is 6.61 Å². The third kappa shape index (κ3) is 2.36. The zero-order chi connectivity index (χ0) is 14.2. The predicted molar refractivity (Wildman–Crippen MR) is 73.4 cm³/mol. The molecule has 7 nitrogen and oxygen atoms in total. The largest absolute Gasteiger partial charge is 0.370 e. The molecule has 0 aromatic carbocycles. The van der Waals surface area contributed by atoms with Gasteiger partial charge in [-0.3, -0.25) is 4.90 Å². The van der Waals surface area contributed by atoms with Crippen LogP contribution >= 0.6 is 0 Å². The second kappa shape index (κ2) is 5.23. The van der Waals surface area contributed by atoms with Gasteiger partial charge in [0.1, 0.15) is 0 Å². The van der Waals surface area contributed by atoms with Crippen LogP contribution < -0.4 is 0 Å². The standard InChI is InChI=1S/C14H19N5O2/c1-2-10-5-12(21-16-10)7-18-4-3-14-13(8-18)19-11(9-20-14)6-15-17-19/h5-6,13-14H,2-4,7-9H2,1H3/t13-,14-/m1/s1. The summed E-state index contributed by atoms with van der Waals surface area (Å²) in [6.07, 6.45) is 3.96. The average Bonchev–Trinajstić information content (AvgIpc) is 3.15. The number of hydrogen-bond donors (Lipinski definition) is 0. The zero-order valence-electron chi connectivity index (χ0n) is 12.1. The molecule has 0 radical (unpaired) electrons. The Labute approximate surface area is 122 Å². The lowest BCUT2D eigenvalue weighted by atomic mass is 10.0. The summed E-state index contributed by atoms with van der Waals surface area (Å²) < 4.78 is 13.3. The molecule has 4 heterocycles. The highest BCUT2D eigenvalue weighted by atomic mass is 16.5. The van der Waals surface area contributed by atoms with E-state index in [1.54, 1.807) is 6.20 Å². The molecule has 1 saturated heterocycles. The number of hydrogen-bond acceptors (Lipinski definition) is 6. The summed E-state index contributed by atoms with van der Waals surface area (Å²) in [7, 11) is 0. The maximum absolute atomic E-state index is 5.92. The highest BCUT2D eigenvalue weighted by Gasteiger charge is 2.36. The lowest BCUT2D eigenvalue weighted by Crippen LogP contribution is -2.47. The maximum atomic E-state index is 5.92. The first-order chi connectivity index (χ1) is 10.3. The van der Waals surface area contributed by atoms with Crippen LogP contribution in [0.1, 0.15) is 36.5 Å². The number of ether oxygens (including phenoxy) is 1. The van der Waals surface area contributed by atoms with Gasteiger partial charge in [-0.2, -0.15) is 0 Å². The van der Waals surface area contributed by atoms with Crippen LogP contribution in [0, 0.1) is 0 Å². The lowest BCUT2D eigenvalue weighted by molar-refractivity contribution is -0.0679. The fraction of sp³-hybridized carbons (Fsp3) is 0.643. The smallest absolute Gasteiger partial charge is 0.150 e. The van der Waals surface area contributed by atoms with Crippen LogP contribution in [0.25, 0.3) is 0 Å². The molecular formula is C14H19N5O2. The van der Waals surface area contributed by atoms with E-state index >= 15 is 0 Å². The fourth-order valence-electron chi connectivity index (χ4n) is 3.21. The van der Waals surface area contributed by atoms with E-state index in [9.17, 15) is 0 Å². The molecule has 0 spiro atoms. The van der Waals surface area contributed by atoms with Gasteiger partial charge >= 0.3 is 0 Å². The summed E-state index contributed by atoms with van der Waals surface area (Å²) in [5.74, 6) is 0.931. The monoisotopic (exact) mass is 289 g/mol. The van der Waals surface area contributed by atoms with Crippen LogP contribution in [-0.2, 0) is 24.3 Å². The Hall–Kier alpha value is -1.73. The quantitative estimate of drug-likeness (QED) is 0.845. The van der Waals surface area contributed by atoms with E-state index in [1.807, 2.05) is 10.7 Å². The molecule has 0 unspecified atom stereocenters. The van der Waals surface area contributed by atoms with E-state index < -0.39 is 0 Å². The van der Waals surface area contributed by atoms with Gasteiger partial charge in [0.05, 0.1) is 42.9 Å². The fourth-order valence-corrected chi connectivity index (χ4v) is 3.21. The van der Waals surface area contributed by atoms with Crippen LogP contribution in [0.4, 0.5) is 0 Å². The Kier molecular flexibility index (Phi) is 3.23. The van der Waals surface area contributed by atoms with Gasteiger partial charge in [-0.05, 0) is 12.8 Å². The number of likely N-dealkylation sites (tertiary alicyclic amines) is 1. The summed E-state index contributed by atoms with van der Waals surface area (Å²) in [6.45, 7) is 5.41.